The third-order valence-corrected chi connectivity index (χ3v) is 5.22. The molecule has 0 spiro atoms. The third kappa shape index (κ3) is 4.90. The maximum Gasteiger partial charge on any atom is 0.233 e. The molecule has 1 aromatic carbocycles. The van der Waals surface area contributed by atoms with Crippen molar-refractivity contribution in [2.24, 2.45) is 11.7 Å². The summed E-state index contributed by atoms with van der Waals surface area (Å²) in [6.07, 6.45) is 1.04. The summed E-state index contributed by atoms with van der Waals surface area (Å²) in [5, 5.41) is 0. The number of carbonyl (C=O) groups is 1. The quantitative estimate of drug-likeness (QED) is 0.833. The van der Waals surface area contributed by atoms with Crippen molar-refractivity contribution in [3.05, 3.63) is 29.8 Å². The Morgan fingerprint density at radius 1 is 1.36 bits per heavy atom. The zero-order chi connectivity index (χ0) is 15.4. The van der Waals surface area contributed by atoms with Crippen molar-refractivity contribution in [3.63, 3.8) is 0 Å². The Balaban J connectivity index is 0.00000242. The summed E-state index contributed by atoms with van der Waals surface area (Å²) in [6.45, 7) is 8.00. The smallest absolute Gasteiger partial charge is 0.233 e. The van der Waals surface area contributed by atoms with Crippen LogP contribution < -0.4 is 5.73 Å². The number of likely N-dealkylation sites (tertiary alicyclic amines) is 1. The molecule has 0 radical (unpaired) electrons. The van der Waals surface area contributed by atoms with E-state index in [9.17, 15) is 4.79 Å². The topological polar surface area (TPSA) is 46.3 Å². The fourth-order valence-corrected chi connectivity index (χ4v) is 3.62. The SMILES string of the molecule is CC(C)c1ccc(SCC(=O)N2CC(CN)CC2C)cc1.Cl. The van der Waals surface area contributed by atoms with Crippen LogP contribution in [0.25, 0.3) is 0 Å². The minimum Gasteiger partial charge on any atom is -0.339 e. The van der Waals surface area contributed by atoms with Crippen molar-refractivity contribution in [2.75, 3.05) is 18.8 Å². The maximum atomic E-state index is 12.3. The molecule has 1 aromatic rings. The molecule has 22 heavy (non-hydrogen) atoms. The fraction of sp³-hybridized carbons (Fsp3) is 0.588. The molecule has 0 saturated carbocycles. The van der Waals surface area contributed by atoms with Gasteiger partial charge in [0.05, 0.1) is 5.75 Å². The Hall–Kier alpha value is -0.710. The van der Waals surface area contributed by atoms with Crippen LogP contribution in [0.15, 0.2) is 29.2 Å². The molecule has 1 heterocycles. The number of benzene rings is 1. The number of rotatable bonds is 5. The van der Waals surface area contributed by atoms with E-state index >= 15 is 0 Å². The predicted molar refractivity (Wildman–Crippen MR) is 96.8 cm³/mol. The van der Waals surface area contributed by atoms with Crippen LogP contribution in [0.2, 0.25) is 0 Å². The van der Waals surface area contributed by atoms with Gasteiger partial charge >= 0.3 is 0 Å². The number of nitrogens with two attached hydrogens (primary N) is 1. The average Bonchev–Trinajstić information content (AvgIpc) is 2.86. The van der Waals surface area contributed by atoms with Gasteiger partial charge in [-0.05, 0) is 49.4 Å². The van der Waals surface area contributed by atoms with Gasteiger partial charge in [-0.15, -0.1) is 24.2 Å². The van der Waals surface area contributed by atoms with Crippen LogP contribution in [0.3, 0.4) is 0 Å². The summed E-state index contributed by atoms with van der Waals surface area (Å²) in [4.78, 5) is 15.5. The van der Waals surface area contributed by atoms with E-state index in [0.29, 0.717) is 30.2 Å². The molecule has 2 N–H and O–H groups in total. The van der Waals surface area contributed by atoms with E-state index in [-0.39, 0.29) is 18.3 Å². The maximum absolute atomic E-state index is 12.3. The molecule has 0 bridgehead atoms. The van der Waals surface area contributed by atoms with Gasteiger partial charge in [-0.3, -0.25) is 4.79 Å². The number of thioether (sulfide) groups is 1. The highest BCUT2D eigenvalue weighted by Crippen LogP contribution is 2.26. The van der Waals surface area contributed by atoms with Gasteiger partial charge in [0.25, 0.3) is 0 Å². The molecule has 3 nitrogen and oxygen atoms in total. The molecule has 1 aliphatic rings. The largest absolute Gasteiger partial charge is 0.339 e. The molecule has 1 saturated heterocycles. The zero-order valence-electron chi connectivity index (χ0n) is 13.6. The summed E-state index contributed by atoms with van der Waals surface area (Å²) in [5.41, 5.74) is 7.06. The molecular weight excluding hydrogens is 316 g/mol. The van der Waals surface area contributed by atoms with Crippen LogP contribution in [0.1, 0.15) is 38.7 Å². The van der Waals surface area contributed by atoms with E-state index in [4.69, 9.17) is 5.73 Å². The second-order valence-corrected chi connectivity index (χ2v) is 7.29. The van der Waals surface area contributed by atoms with Gasteiger partial charge in [-0.2, -0.15) is 0 Å². The Morgan fingerprint density at radius 3 is 2.50 bits per heavy atom. The molecule has 1 fully saturated rings. The van der Waals surface area contributed by atoms with E-state index in [2.05, 4.69) is 45.0 Å². The van der Waals surface area contributed by atoms with Crippen molar-refractivity contribution in [3.8, 4) is 0 Å². The van der Waals surface area contributed by atoms with E-state index in [0.717, 1.165) is 17.9 Å². The predicted octanol–water partition coefficient (Wildman–Crippen LogP) is 3.52. The lowest BCUT2D eigenvalue weighted by molar-refractivity contribution is -0.128. The monoisotopic (exact) mass is 342 g/mol. The third-order valence-electron chi connectivity index (χ3n) is 4.22. The molecular formula is C17H27ClN2OS. The fourth-order valence-electron chi connectivity index (χ4n) is 2.84. The van der Waals surface area contributed by atoms with E-state index in [1.807, 2.05) is 4.90 Å². The van der Waals surface area contributed by atoms with Crippen LogP contribution in [0, 0.1) is 5.92 Å². The lowest BCUT2D eigenvalue weighted by Gasteiger charge is -2.21. The van der Waals surface area contributed by atoms with Crippen LogP contribution >= 0.6 is 24.2 Å². The molecule has 5 heteroatoms. The second-order valence-electron chi connectivity index (χ2n) is 6.24. The first-order valence-corrected chi connectivity index (χ1v) is 8.72. The van der Waals surface area contributed by atoms with Crippen molar-refractivity contribution >= 4 is 30.1 Å². The number of hydrogen-bond donors (Lipinski definition) is 1. The average molecular weight is 343 g/mol. The summed E-state index contributed by atoms with van der Waals surface area (Å²) in [5.74, 6) is 1.77. The van der Waals surface area contributed by atoms with Gasteiger partial charge in [0.1, 0.15) is 0 Å². The Morgan fingerprint density at radius 2 is 2.00 bits per heavy atom. The minimum atomic E-state index is 0. The minimum absolute atomic E-state index is 0. The first-order chi connectivity index (χ1) is 10.0. The molecule has 1 aliphatic heterocycles. The Bertz CT molecular complexity index is 478. The van der Waals surface area contributed by atoms with Gasteiger partial charge in [-0.1, -0.05) is 26.0 Å². The highest BCUT2D eigenvalue weighted by atomic mass is 35.5. The van der Waals surface area contributed by atoms with Crippen LogP contribution in [-0.4, -0.2) is 35.7 Å². The van der Waals surface area contributed by atoms with Crippen molar-refractivity contribution in [1.82, 2.24) is 4.90 Å². The number of hydrogen-bond acceptors (Lipinski definition) is 3. The van der Waals surface area contributed by atoms with Gasteiger partial charge in [0.2, 0.25) is 5.91 Å². The molecule has 2 atom stereocenters. The molecule has 0 aliphatic carbocycles. The number of amides is 1. The normalized spacial score (nSPS) is 21.0. The highest BCUT2D eigenvalue weighted by Gasteiger charge is 2.31. The standard InChI is InChI=1S/C17H26N2OS.ClH/c1-12(2)15-4-6-16(7-5-15)21-11-17(20)19-10-14(9-18)8-13(19)3;/h4-7,12-14H,8-11,18H2,1-3H3;1H. The molecule has 124 valence electrons. The zero-order valence-corrected chi connectivity index (χ0v) is 15.3. The van der Waals surface area contributed by atoms with Crippen LogP contribution in [-0.2, 0) is 4.79 Å². The van der Waals surface area contributed by atoms with Crippen molar-refractivity contribution < 1.29 is 4.79 Å². The Kier molecular flexibility index (Phi) is 7.74. The van der Waals surface area contributed by atoms with Gasteiger partial charge < -0.3 is 10.6 Å². The van der Waals surface area contributed by atoms with E-state index in [1.165, 1.54) is 5.56 Å². The van der Waals surface area contributed by atoms with Gasteiger partial charge in [0.15, 0.2) is 0 Å². The van der Waals surface area contributed by atoms with E-state index in [1.54, 1.807) is 11.8 Å². The first-order valence-electron chi connectivity index (χ1n) is 7.73. The van der Waals surface area contributed by atoms with Crippen molar-refractivity contribution in [2.45, 2.75) is 44.0 Å². The van der Waals surface area contributed by atoms with E-state index < -0.39 is 0 Å². The van der Waals surface area contributed by atoms with Crippen LogP contribution in [0.4, 0.5) is 0 Å². The number of halogens is 1. The van der Waals surface area contributed by atoms with Crippen molar-refractivity contribution in [1.29, 1.82) is 0 Å². The molecule has 2 unspecified atom stereocenters. The van der Waals surface area contributed by atoms with Crippen LogP contribution in [0.5, 0.6) is 0 Å². The summed E-state index contributed by atoms with van der Waals surface area (Å²) >= 11 is 1.62. The summed E-state index contributed by atoms with van der Waals surface area (Å²) in [7, 11) is 0. The molecule has 0 aromatic heterocycles. The highest BCUT2D eigenvalue weighted by molar-refractivity contribution is 8.00. The van der Waals surface area contributed by atoms with Gasteiger partial charge in [-0.25, -0.2) is 0 Å². The lowest BCUT2D eigenvalue weighted by atomic mass is 10.0. The summed E-state index contributed by atoms with van der Waals surface area (Å²) < 4.78 is 0. The number of carbonyl (C=O) groups excluding carboxylic acids is 1. The summed E-state index contributed by atoms with van der Waals surface area (Å²) in [6, 6.07) is 8.86. The Labute approximate surface area is 144 Å². The second kappa shape index (κ2) is 8.80. The molecule has 1 amide bonds. The first kappa shape index (κ1) is 19.3. The number of nitrogens with zero attached hydrogens (tertiary/aromatic N) is 1. The van der Waals surface area contributed by atoms with Gasteiger partial charge in [0, 0.05) is 17.5 Å². The molecule has 2 rings (SSSR count). The lowest BCUT2D eigenvalue weighted by Crippen LogP contribution is -2.35.